The summed E-state index contributed by atoms with van der Waals surface area (Å²) in [6.07, 6.45) is -0.0517. The first-order valence-corrected chi connectivity index (χ1v) is 9.22. The van der Waals surface area contributed by atoms with E-state index >= 15 is 0 Å². The van der Waals surface area contributed by atoms with E-state index in [-0.39, 0.29) is 6.42 Å². The fourth-order valence-corrected chi connectivity index (χ4v) is 2.95. The van der Waals surface area contributed by atoms with Gasteiger partial charge < -0.3 is 25.2 Å². The van der Waals surface area contributed by atoms with Crippen LogP contribution in [0, 0.1) is 17.7 Å². The lowest BCUT2D eigenvalue weighted by molar-refractivity contribution is -0.163. The normalized spacial score (nSPS) is 13.5. The highest BCUT2D eigenvalue weighted by molar-refractivity contribution is 5.97. The summed E-state index contributed by atoms with van der Waals surface area (Å²) in [6, 6.07) is 2.32. The summed E-state index contributed by atoms with van der Waals surface area (Å²) < 4.78 is 22.2. The molecule has 0 aliphatic heterocycles. The molecule has 3 atom stereocenters. The number of amides is 2. The van der Waals surface area contributed by atoms with Crippen LogP contribution in [0.4, 0.5) is 4.39 Å². The number of ether oxygens (including phenoxy) is 2. The van der Waals surface area contributed by atoms with E-state index in [1.54, 1.807) is 0 Å². The van der Waals surface area contributed by atoms with Crippen LogP contribution < -0.4 is 10.6 Å². The van der Waals surface area contributed by atoms with Gasteiger partial charge in [-0.3, -0.25) is 19.2 Å². The zero-order valence-electron chi connectivity index (χ0n) is 17.5. The molecule has 2 amide bonds. The van der Waals surface area contributed by atoms with Crippen molar-refractivity contribution in [3.63, 3.8) is 0 Å². The Labute approximate surface area is 178 Å². The number of hydrogen-bond donors (Lipinski definition) is 3. The topological polar surface area (TPSA) is 148 Å². The Kier molecular flexibility index (Phi) is 9.58. The van der Waals surface area contributed by atoms with E-state index in [1.165, 1.54) is 38.1 Å². The molecule has 0 aliphatic rings. The summed E-state index contributed by atoms with van der Waals surface area (Å²) in [4.78, 5) is 60.1. The van der Waals surface area contributed by atoms with E-state index < -0.39 is 59.5 Å². The molecule has 0 radical (unpaired) electrons. The van der Waals surface area contributed by atoms with Crippen LogP contribution in [0.15, 0.2) is 24.3 Å². The largest absolute Gasteiger partial charge is 0.480 e. The second kappa shape index (κ2) is 11.6. The predicted octanol–water partition coefficient (Wildman–Crippen LogP) is 0.0406. The van der Waals surface area contributed by atoms with Gasteiger partial charge >= 0.3 is 17.9 Å². The standard InChI is InChI=1S/C20H25FN2O8/c1-10(15(19(28)30-3)20(29)31-4)16(18(26)27)23-17(25)14(22-11(2)24)9-12-5-7-13(21)8-6-12/h5-8,10,14-16H,9H2,1-4H3,(H,22,24)(H,23,25)(H,26,27)/t10-,14+,16-/m1/s1. The van der Waals surface area contributed by atoms with Gasteiger partial charge in [0.15, 0.2) is 5.92 Å². The molecule has 10 nitrogen and oxygen atoms in total. The molecule has 0 spiro atoms. The minimum Gasteiger partial charge on any atom is -0.480 e. The Balaban J connectivity index is 3.12. The molecule has 1 aromatic rings. The van der Waals surface area contributed by atoms with E-state index in [1.807, 2.05) is 0 Å². The van der Waals surface area contributed by atoms with E-state index in [0.29, 0.717) is 5.56 Å². The maximum Gasteiger partial charge on any atom is 0.326 e. The Bertz CT molecular complexity index is 811. The summed E-state index contributed by atoms with van der Waals surface area (Å²) in [5, 5.41) is 14.2. The number of esters is 2. The van der Waals surface area contributed by atoms with Crippen molar-refractivity contribution < 1.29 is 42.9 Å². The first-order chi connectivity index (χ1) is 14.5. The van der Waals surface area contributed by atoms with Gasteiger partial charge in [0.05, 0.1) is 14.2 Å². The second-order valence-corrected chi connectivity index (χ2v) is 6.79. The van der Waals surface area contributed by atoms with Crippen LogP contribution in [0.5, 0.6) is 0 Å². The summed E-state index contributed by atoms with van der Waals surface area (Å²) in [5.74, 6) is -8.31. The fourth-order valence-electron chi connectivity index (χ4n) is 2.95. The highest BCUT2D eigenvalue weighted by atomic mass is 19.1. The van der Waals surface area contributed by atoms with Crippen molar-refractivity contribution in [3.05, 3.63) is 35.6 Å². The lowest BCUT2D eigenvalue weighted by Crippen LogP contribution is -2.56. The molecule has 0 saturated heterocycles. The molecule has 1 rings (SSSR count). The van der Waals surface area contributed by atoms with Gasteiger partial charge in [0.25, 0.3) is 0 Å². The Morgan fingerprint density at radius 3 is 1.94 bits per heavy atom. The van der Waals surface area contributed by atoms with Crippen LogP contribution >= 0.6 is 0 Å². The molecule has 0 unspecified atom stereocenters. The Hall–Kier alpha value is -3.50. The smallest absolute Gasteiger partial charge is 0.326 e. The maximum atomic E-state index is 13.1. The number of nitrogens with one attached hydrogen (secondary N) is 2. The van der Waals surface area contributed by atoms with Crippen molar-refractivity contribution in [1.29, 1.82) is 0 Å². The van der Waals surface area contributed by atoms with Gasteiger partial charge in [0.1, 0.15) is 17.9 Å². The third-order valence-corrected chi connectivity index (χ3v) is 4.57. The molecule has 0 heterocycles. The summed E-state index contributed by atoms with van der Waals surface area (Å²) in [7, 11) is 2.05. The summed E-state index contributed by atoms with van der Waals surface area (Å²) in [6.45, 7) is 2.44. The van der Waals surface area contributed by atoms with Gasteiger partial charge in [-0.05, 0) is 17.7 Å². The number of benzene rings is 1. The molecule has 31 heavy (non-hydrogen) atoms. The van der Waals surface area contributed by atoms with E-state index in [4.69, 9.17) is 0 Å². The van der Waals surface area contributed by atoms with Crippen LogP contribution in [0.1, 0.15) is 19.4 Å². The van der Waals surface area contributed by atoms with Crippen molar-refractivity contribution in [3.8, 4) is 0 Å². The number of rotatable bonds is 10. The third-order valence-electron chi connectivity index (χ3n) is 4.57. The molecule has 0 saturated carbocycles. The Morgan fingerprint density at radius 2 is 1.52 bits per heavy atom. The van der Waals surface area contributed by atoms with Gasteiger partial charge in [0.2, 0.25) is 11.8 Å². The van der Waals surface area contributed by atoms with Crippen molar-refractivity contribution in [2.75, 3.05) is 14.2 Å². The minimum atomic E-state index is -1.68. The van der Waals surface area contributed by atoms with Crippen LogP contribution in [0.25, 0.3) is 0 Å². The van der Waals surface area contributed by atoms with Gasteiger partial charge in [0, 0.05) is 19.3 Å². The maximum absolute atomic E-state index is 13.1. The average Bonchev–Trinajstić information content (AvgIpc) is 2.71. The van der Waals surface area contributed by atoms with Crippen molar-refractivity contribution >= 4 is 29.7 Å². The number of halogens is 1. The molecule has 0 aliphatic carbocycles. The SMILES string of the molecule is COC(=O)C(C(=O)OC)[C@@H](C)[C@@H](NC(=O)[C@H](Cc1ccc(F)cc1)NC(C)=O)C(=O)O. The monoisotopic (exact) mass is 440 g/mol. The second-order valence-electron chi connectivity index (χ2n) is 6.79. The number of methoxy groups -OCH3 is 2. The van der Waals surface area contributed by atoms with Crippen LogP contribution in [-0.2, 0) is 39.9 Å². The number of hydrogen-bond acceptors (Lipinski definition) is 7. The lowest BCUT2D eigenvalue weighted by atomic mass is 9.87. The molecule has 1 aromatic carbocycles. The van der Waals surface area contributed by atoms with Gasteiger partial charge in [-0.1, -0.05) is 19.1 Å². The van der Waals surface area contributed by atoms with Crippen molar-refractivity contribution in [2.45, 2.75) is 32.4 Å². The molecule has 0 fully saturated rings. The van der Waals surface area contributed by atoms with E-state index in [9.17, 15) is 33.5 Å². The van der Waals surface area contributed by atoms with Crippen molar-refractivity contribution in [2.24, 2.45) is 11.8 Å². The molecular weight excluding hydrogens is 415 g/mol. The minimum absolute atomic E-state index is 0.0517. The first kappa shape index (κ1) is 25.5. The molecule has 11 heteroatoms. The molecule has 0 bridgehead atoms. The number of carboxylic acids is 1. The van der Waals surface area contributed by atoms with Crippen molar-refractivity contribution in [1.82, 2.24) is 10.6 Å². The molecule has 170 valence electrons. The third kappa shape index (κ3) is 7.36. The quantitative estimate of drug-likeness (QED) is 0.341. The number of carboxylic acid groups (broad SMARTS) is 1. The number of carbonyl (C=O) groups excluding carboxylic acids is 4. The van der Waals surface area contributed by atoms with Gasteiger partial charge in [-0.2, -0.15) is 0 Å². The highest BCUT2D eigenvalue weighted by Gasteiger charge is 2.42. The number of aliphatic carboxylic acids is 1. The molecular formula is C20H25FN2O8. The Morgan fingerprint density at radius 1 is 1.00 bits per heavy atom. The highest BCUT2D eigenvalue weighted by Crippen LogP contribution is 2.20. The van der Waals surface area contributed by atoms with E-state index in [2.05, 4.69) is 20.1 Å². The molecule has 3 N–H and O–H groups in total. The summed E-state index contributed by atoms with van der Waals surface area (Å²) >= 11 is 0. The van der Waals surface area contributed by atoms with Crippen LogP contribution in [0.3, 0.4) is 0 Å². The van der Waals surface area contributed by atoms with Crippen LogP contribution in [-0.4, -0.2) is 61.1 Å². The van der Waals surface area contributed by atoms with Gasteiger partial charge in [-0.15, -0.1) is 0 Å². The average molecular weight is 440 g/mol. The lowest BCUT2D eigenvalue weighted by Gasteiger charge is -2.27. The van der Waals surface area contributed by atoms with E-state index in [0.717, 1.165) is 14.2 Å². The summed E-state index contributed by atoms with van der Waals surface area (Å²) in [5.41, 5.74) is 0.511. The zero-order chi connectivity index (χ0) is 23.7. The van der Waals surface area contributed by atoms with Gasteiger partial charge in [-0.25, -0.2) is 9.18 Å². The molecule has 0 aromatic heterocycles. The fraction of sp³-hybridized carbons (Fsp3) is 0.450. The number of carbonyl (C=O) groups is 5. The van der Waals surface area contributed by atoms with Crippen LogP contribution in [0.2, 0.25) is 0 Å². The zero-order valence-corrected chi connectivity index (χ0v) is 17.5. The predicted molar refractivity (Wildman–Crippen MR) is 104 cm³/mol. The first-order valence-electron chi connectivity index (χ1n) is 9.22.